The van der Waals surface area contributed by atoms with Gasteiger partial charge in [0.05, 0.1) is 19.2 Å². The van der Waals surface area contributed by atoms with E-state index in [2.05, 4.69) is 12.1 Å². The van der Waals surface area contributed by atoms with Gasteiger partial charge in [-0.3, -0.25) is 4.79 Å². The van der Waals surface area contributed by atoms with E-state index >= 15 is 0 Å². The number of carbonyl (C=O) groups excluding carboxylic acids is 1. The highest BCUT2D eigenvalue weighted by Crippen LogP contribution is 2.24. The molecule has 1 aliphatic rings. The average molecular weight is 314 g/mol. The van der Waals surface area contributed by atoms with Gasteiger partial charge >= 0.3 is 0 Å². The predicted octanol–water partition coefficient (Wildman–Crippen LogP) is 3.29. The first-order valence-electron chi connectivity index (χ1n) is 8.07. The number of hydrogen-bond acceptors (Lipinski definition) is 4. The molecule has 1 aromatic heterocycles. The molecule has 3 rings (SSSR count). The second kappa shape index (κ2) is 6.86. The minimum atomic E-state index is 0.131. The van der Waals surface area contributed by atoms with E-state index in [1.54, 1.807) is 7.11 Å². The van der Waals surface area contributed by atoms with Crippen molar-refractivity contribution in [2.24, 2.45) is 0 Å². The highest BCUT2D eigenvalue weighted by Gasteiger charge is 2.24. The molecule has 0 bridgehead atoms. The zero-order chi connectivity index (χ0) is 16.2. The molecular formula is C18H22N2O3. The van der Waals surface area contributed by atoms with Crippen LogP contribution in [0.4, 0.5) is 0 Å². The molecule has 1 aliphatic heterocycles. The van der Waals surface area contributed by atoms with Crippen molar-refractivity contribution in [3.8, 4) is 17.1 Å². The summed E-state index contributed by atoms with van der Waals surface area (Å²) < 4.78 is 10.5. The van der Waals surface area contributed by atoms with Crippen molar-refractivity contribution in [3.05, 3.63) is 36.0 Å². The van der Waals surface area contributed by atoms with Gasteiger partial charge < -0.3 is 14.2 Å². The highest BCUT2D eigenvalue weighted by atomic mass is 16.5. The Labute approximate surface area is 136 Å². The number of benzene rings is 1. The Bertz CT molecular complexity index is 663. The summed E-state index contributed by atoms with van der Waals surface area (Å²) in [7, 11) is 1.63. The summed E-state index contributed by atoms with van der Waals surface area (Å²) in [4.78, 5) is 14.4. The van der Waals surface area contributed by atoms with Gasteiger partial charge in [-0.15, -0.1) is 0 Å². The molecule has 1 atom stereocenters. The lowest BCUT2D eigenvalue weighted by Crippen LogP contribution is -2.42. The average Bonchev–Trinajstić information content (AvgIpc) is 3.03. The first kappa shape index (κ1) is 15.6. The largest absolute Gasteiger partial charge is 0.497 e. The Morgan fingerprint density at radius 1 is 1.35 bits per heavy atom. The maximum atomic E-state index is 12.4. The van der Waals surface area contributed by atoms with Crippen LogP contribution < -0.4 is 4.74 Å². The monoisotopic (exact) mass is 314 g/mol. The molecule has 1 saturated heterocycles. The molecule has 0 unspecified atom stereocenters. The van der Waals surface area contributed by atoms with Gasteiger partial charge in [0.15, 0.2) is 5.76 Å². The summed E-state index contributed by atoms with van der Waals surface area (Å²) >= 11 is 0. The molecule has 2 aromatic rings. The third kappa shape index (κ3) is 3.55. The van der Waals surface area contributed by atoms with Gasteiger partial charge in [-0.05, 0) is 50.5 Å². The number of piperidine rings is 1. The van der Waals surface area contributed by atoms with Crippen LogP contribution in [-0.4, -0.2) is 35.7 Å². The standard InChI is InChI=1S/C18H22N2O3/c1-13-5-3-4-10-20(13)18(21)12-15-11-17(23-19-15)14-6-8-16(22-2)9-7-14/h6-9,11,13H,3-5,10,12H2,1-2H3/t13-/m0/s1. The zero-order valence-electron chi connectivity index (χ0n) is 13.6. The number of ether oxygens (including phenoxy) is 1. The maximum absolute atomic E-state index is 12.4. The third-order valence-corrected chi connectivity index (χ3v) is 4.39. The molecule has 23 heavy (non-hydrogen) atoms. The molecule has 0 radical (unpaired) electrons. The molecule has 1 aromatic carbocycles. The number of hydrogen-bond donors (Lipinski definition) is 0. The van der Waals surface area contributed by atoms with Crippen LogP contribution in [0.2, 0.25) is 0 Å². The first-order chi connectivity index (χ1) is 11.2. The van der Waals surface area contributed by atoms with Crippen LogP contribution in [0.25, 0.3) is 11.3 Å². The number of nitrogens with zero attached hydrogens (tertiary/aromatic N) is 2. The van der Waals surface area contributed by atoms with E-state index in [9.17, 15) is 4.79 Å². The summed E-state index contributed by atoms with van der Waals surface area (Å²) in [6.07, 6.45) is 3.67. The fraction of sp³-hybridized carbons (Fsp3) is 0.444. The van der Waals surface area contributed by atoms with Gasteiger partial charge in [-0.2, -0.15) is 0 Å². The van der Waals surface area contributed by atoms with E-state index in [1.165, 1.54) is 6.42 Å². The Morgan fingerprint density at radius 3 is 2.83 bits per heavy atom. The van der Waals surface area contributed by atoms with Crippen molar-refractivity contribution in [1.29, 1.82) is 0 Å². The zero-order valence-corrected chi connectivity index (χ0v) is 13.6. The number of carbonyl (C=O) groups is 1. The summed E-state index contributed by atoms with van der Waals surface area (Å²) in [5, 5.41) is 4.04. The molecule has 1 amide bonds. The van der Waals surface area contributed by atoms with Crippen molar-refractivity contribution in [2.75, 3.05) is 13.7 Å². The van der Waals surface area contributed by atoms with Crippen LogP contribution in [0.15, 0.2) is 34.9 Å². The fourth-order valence-electron chi connectivity index (χ4n) is 3.01. The summed E-state index contributed by atoms with van der Waals surface area (Å²) in [6, 6.07) is 9.74. The summed E-state index contributed by atoms with van der Waals surface area (Å²) in [5.41, 5.74) is 1.60. The van der Waals surface area contributed by atoms with Gasteiger partial charge in [0.2, 0.25) is 5.91 Å². The normalized spacial score (nSPS) is 18.0. The topological polar surface area (TPSA) is 55.6 Å². The van der Waals surface area contributed by atoms with E-state index in [-0.39, 0.29) is 5.91 Å². The Kier molecular flexibility index (Phi) is 4.65. The molecule has 0 N–H and O–H groups in total. The van der Waals surface area contributed by atoms with E-state index in [4.69, 9.17) is 9.26 Å². The van der Waals surface area contributed by atoms with Crippen LogP contribution in [0.3, 0.4) is 0 Å². The lowest BCUT2D eigenvalue weighted by Gasteiger charge is -2.33. The second-order valence-corrected chi connectivity index (χ2v) is 6.02. The summed E-state index contributed by atoms with van der Waals surface area (Å²) in [5.74, 6) is 1.59. The number of methoxy groups -OCH3 is 1. The third-order valence-electron chi connectivity index (χ3n) is 4.39. The van der Waals surface area contributed by atoms with Crippen molar-refractivity contribution in [1.82, 2.24) is 10.1 Å². The smallest absolute Gasteiger partial charge is 0.228 e. The Morgan fingerprint density at radius 2 is 2.13 bits per heavy atom. The van der Waals surface area contributed by atoms with Crippen LogP contribution in [0.1, 0.15) is 31.9 Å². The van der Waals surface area contributed by atoms with E-state index < -0.39 is 0 Å². The molecule has 122 valence electrons. The lowest BCUT2D eigenvalue weighted by molar-refractivity contribution is -0.133. The quantitative estimate of drug-likeness (QED) is 0.869. The van der Waals surface area contributed by atoms with Crippen LogP contribution in [0.5, 0.6) is 5.75 Å². The number of aromatic nitrogens is 1. The molecule has 0 saturated carbocycles. The molecule has 2 heterocycles. The SMILES string of the molecule is COc1ccc(-c2cc(CC(=O)N3CCCC[C@@H]3C)no2)cc1. The molecule has 1 fully saturated rings. The van der Waals surface area contributed by atoms with Gasteiger partial charge in [0.25, 0.3) is 0 Å². The highest BCUT2D eigenvalue weighted by molar-refractivity contribution is 5.79. The van der Waals surface area contributed by atoms with Crippen molar-refractivity contribution in [3.63, 3.8) is 0 Å². The Balaban J connectivity index is 1.67. The molecule has 0 aliphatic carbocycles. The first-order valence-corrected chi connectivity index (χ1v) is 8.07. The molecular weight excluding hydrogens is 292 g/mol. The van der Waals surface area contributed by atoms with E-state index in [0.717, 1.165) is 30.7 Å². The molecule has 5 heteroatoms. The lowest BCUT2D eigenvalue weighted by atomic mass is 10.0. The minimum absolute atomic E-state index is 0.131. The van der Waals surface area contributed by atoms with Crippen LogP contribution in [-0.2, 0) is 11.2 Å². The van der Waals surface area contributed by atoms with Crippen molar-refractivity contribution >= 4 is 5.91 Å². The summed E-state index contributed by atoms with van der Waals surface area (Å²) in [6.45, 7) is 2.96. The van der Waals surface area contributed by atoms with Gasteiger partial charge in [-0.1, -0.05) is 5.16 Å². The van der Waals surface area contributed by atoms with E-state index in [0.29, 0.717) is 23.9 Å². The number of rotatable bonds is 4. The molecule has 5 nitrogen and oxygen atoms in total. The number of amides is 1. The predicted molar refractivity (Wildman–Crippen MR) is 87.2 cm³/mol. The Hall–Kier alpha value is -2.30. The van der Waals surface area contributed by atoms with E-state index in [1.807, 2.05) is 35.2 Å². The maximum Gasteiger partial charge on any atom is 0.228 e. The van der Waals surface area contributed by atoms with Crippen LogP contribution in [0, 0.1) is 0 Å². The van der Waals surface area contributed by atoms with Crippen molar-refractivity contribution in [2.45, 2.75) is 38.6 Å². The van der Waals surface area contributed by atoms with Gasteiger partial charge in [-0.25, -0.2) is 0 Å². The number of likely N-dealkylation sites (tertiary alicyclic amines) is 1. The van der Waals surface area contributed by atoms with Gasteiger partial charge in [0, 0.05) is 24.2 Å². The minimum Gasteiger partial charge on any atom is -0.497 e. The fourth-order valence-corrected chi connectivity index (χ4v) is 3.01. The van der Waals surface area contributed by atoms with Gasteiger partial charge in [0.1, 0.15) is 5.75 Å². The van der Waals surface area contributed by atoms with Crippen LogP contribution >= 0.6 is 0 Å². The van der Waals surface area contributed by atoms with Crippen molar-refractivity contribution < 1.29 is 14.1 Å². The molecule has 0 spiro atoms. The second-order valence-electron chi connectivity index (χ2n) is 6.02.